The highest BCUT2D eigenvalue weighted by molar-refractivity contribution is 7.89. The van der Waals surface area contributed by atoms with Crippen LogP contribution < -0.4 is 14.8 Å². The van der Waals surface area contributed by atoms with E-state index >= 15 is 0 Å². The molecule has 1 aliphatic heterocycles. The van der Waals surface area contributed by atoms with Crippen molar-refractivity contribution >= 4 is 21.6 Å². The van der Waals surface area contributed by atoms with Gasteiger partial charge in [-0.2, -0.15) is 0 Å². The van der Waals surface area contributed by atoms with E-state index in [1.165, 1.54) is 18.2 Å². The normalized spacial score (nSPS) is 17.5. The Labute approximate surface area is 128 Å². The van der Waals surface area contributed by atoms with Crippen molar-refractivity contribution in [3.8, 4) is 5.75 Å². The van der Waals surface area contributed by atoms with Crippen LogP contribution in [0.4, 0.5) is 5.69 Å². The first-order valence-electron chi connectivity index (χ1n) is 6.74. The summed E-state index contributed by atoms with van der Waals surface area (Å²) in [5.74, 6) is 0.102. The zero-order valence-electron chi connectivity index (χ0n) is 12.0. The molecule has 0 bridgehead atoms. The topological polar surface area (TPSA) is 114 Å². The number of benzene rings is 1. The molecule has 1 unspecified atom stereocenters. The summed E-state index contributed by atoms with van der Waals surface area (Å²) >= 11 is 0. The first-order chi connectivity index (χ1) is 10.4. The average Bonchev–Trinajstić information content (AvgIpc) is 2.47. The molecule has 1 amide bonds. The van der Waals surface area contributed by atoms with Gasteiger partial charge in [-0.05, 0) is 25.1 Å². The lowest BCUT2D eigenvalue weighted by Gasteiger charge is -2.23. The molecule has 3 N–H and O–H groups in total. The Balaban J connectivity index is 2.06. The van der Waals surface area contributed by atoms with Gasteiger partial charge in [-0.3, -0.25) is 4.79 Å². The number of aliphatic hydroxyl groups is 1. The van der Waals surface area contributed by atoms with Gasteiger partial charge >= 0.3 is 0 Å². The van der Waals surface area contributed by atoms with E-state index in [0.717, 1.165) is 0 Å². The fraction of sp³-hybridized carbons (Fsp3) is 0.462. The zero-order chi connectivity index (χ0) is 16.2. The average molecular weight is 330 g/mol. The maximum Gasteiger partial charge on any atom is 0.265 e. The molecule has 0 radical (unpaired) electrons. The number of hydrogen-bond acceptors (Lipinski definition) is 6. The van der Waals surface area contributed by atoms with Crippen LogP contribution in [-0.4, -0.2) is 51.9 Å². The second-order valence-electron chi connectivity index (χ2n) is 4.64. The molecular weight excluding hydrogens is 312 g/mol. The summed E-state index contributed by atoms with van der Waals surface area (Å²) in [6, 6.07) is 4.25. The van der Waals surface area contributed by atoms with Gasteiger partial charge in [0.1, 0.15) is 5.75 Å². The summed E-state index contributed by atoms with van der Waals surface area (Å²) in [6.45, 7) is 1.89. The number of rotatable bonds is 7. The molecule has 0 saturated heterocycles. The minimum atomic E-state index is -3.71. The molecule has 1 heterocycles. The van der Waals surface area contributed by atoms with Gasteiger partial charge in [-0.15, -0.1) is 0 Å². The van der Waals surface area contributed by atoms with Crippen molar-refractivity contribution in [3.05, 3.63) is 18.2 Å². The minimum Gasteiger partial charge on any atom is -0.479 e. The summed E-state index contributed by atoms with van der Waals surface area (Å²) in [7, 11) is -3.71. The fourth-order valence-corrected chi connectivity index (χ4v) is 2.89. The molecule has 9 heteroatoms. The monoisotopic (exact) mass is 330 g/mol. The third kappa shape index (κ3) is 3.95. The van der Waals surface area contributed by atoms with Crippen molar-refractivity contribution in [2.45, 2.75) is 17.9 Å². The molecule has 2 rings (SSSR count). The van der Waals surface area contributed by atoms with Gasteiger partial charge in [0, 0.05) is 6.54 Å². The van der Waals surface area contributed by atoms with Crippen LogP contribution in [0, 0.1) is 0 Å². The van der Waals surface area contributed by atoms with Crippen LogP contribution in [0.15, 0.2) is 23.1 Å². The maximum absolute atomic E-state index is 12.1. The number of sulfonamides is 1. The number of nitrogens with one attached hydrogen (secondary N) is 2. The third-order valence-electron chi connectivity index (χ3n) is 2.97. The highest BCUT2D eigenvalue weighted by Gasteiger charge is 2.25. The molecule has 0 spiro atoms. The van der Waals surface area contributed by atoms with Gasteiger partial charge in [-0.25, -0.2) is 13.1 Å². The molecule has 0 aromatic heterocycles. The van der Waals surface area contributed by atoms with Crippen molar-refractivity contribution in [2.75, 3.05) is 31.7 Å². The lowest BCUT2D eigenvalue weighted by molar-refractivity contribution is -0.122. The molecule has 22 heavy (non-hydrogen) atoms. The molecule has 122 valence electrons. The van der Waals surface area contributed by atoms with E-state index in [1.807, 2.05) is 0 Å². The van der Waals surface area contributed by atoms with Gasteiger partial charge in [0.25, 0.3) is 5.91 Å². The van der Waals surface area contributed by atoms with Crippen molar-refractivity contribution < 1.29 is 27.8 Å². The van der Waals surface area contributed by atoms with Crippen LogP contribution in [0.3, 0.4) is 0 Å². The Morgan fingerprint density at radius 3 is 2.91 bits per heavy atom. The van der Waals surface area contributed by atoms with Gasteiger partial charge in [0.2, 0.25) is 10.0 Å². The van der Waals surface area contributed by atoms with Crippen molar-refractivity contribution in [3.63, 3.8) is 0 Å². The Hall–Kier alpha value is -1.68. The van der Waals surface area contributed by atoms with E-state index < -0.39 is 16.1 Å². The lowest BCUT2D eigenvalue weighted by atomic mass is 10.2. The zero-order valence-corrected chi connectivity index (χ0v) is 12.9. The summed E-state index contributed by atoms with van der Waals surface area (Å²) in [4.78, 5) is 11.6. The van der Waals surface area contributed by atoms with E-state index in [-0.39, 0.29) is 37.2 Å². The van der Waals surface area contributed by atoms with Gasteiger partial charge in [0.05, 0.1) is 30.4 Å². The first-order valence-corrected chi connectivity index (χ1v) is 8.22. The van der Waals surface area contributed by atoms with E-state index in [0.29, 0.717) is 11.4 Å². The quantitative estimate of drug-likeness (QED) is 0.591. The highest BCUT2D eigenvalue weighted by atomic mass is 32.2. The van der Waals surface area contributed by atoms with Gasteiger partial charge < -0.3 is 19.9 Å². The molecule has 0 aliphatic carbocycles. The lowest BCUT2D eigenvalue weighted by Crippen LogP contribution is -2.34. The van der Waals surface area contributed by atoms with Crippen molar-refractivity contribution in [1.29, 1.82) is 0 Å². The molecule has 1 aromatic carbocycles. The van der Waals surface area contributed by atoms with Crippen LogP contribution in [0.2, 0.25) is 0 Å². The summed E-state index contributed by atoms with van der Waals surface area (Å²) in [6.07, 6.45) is -0.614. The fourth-order valence-electron chi connectivity index (χ4n) is 1.85. The van der Waals surface area contributed by atoms with E-state index in [1.54, 1.807) is 6.92 Å². The summed E-state index contributed by atoms with van der Waals surface area (Å²) in [5, 5.41) is 11.1. The highest BCUT2D eigenvalue weighted by Crippen LogP contribution is 2.31. The van der Waals surface area contributed by atoms with Crippen LogP contribution in [-0.2, 0) is 19.6 Å². The maximum atomic E-state index is 12.1. The second-order valence-corrected chi connectivity index (χ2v) is 6.41. The molecule has 0 saturated carbocycles. The third-order valence-corrected chi connectivity index (χ3v) is 4.42. The number of ether oxygens (including phenoxy) is 2. The molecule has 0 fully saturated rings. The number of fused-ring (bicyclic) bond motifs is 1. The predicted molar refractivity (Wildman–Crippen MR) is 78.3 cm³/mol. The number of amides is 1. The molecule has 1 atom stereocenters. The summed E-state index contributed by atoms with van der Waals surface area (Å²) in [5.41, 5.74) is 0.322. The smallest absolute Gasteiger partial charge is 0.265 e. The number of aliphatic hydroxyl groups excluding tert-OH is 1. The number of hydrogen-bond donors (Lipinski definition) is 3. The van der Waals surface area contributed by atoms with E-state index in [4.69, 9.17) is 14.6 Å². The number of carbonyl (C=O) groups is 1. The summed E-state index contributed by atoms with van der Waals surface area (Å²) < 4.78 is 37.0. The predicted octanol–water partition coefficient (Wildman–Crippen LogP) is -0.307. The first kappa shape index (κ1) is 16.7. The van der Waals surface area contributed by atoms with Crippen molar-refractivity contribution in [1.82, 2.24) is 4.72 Å². The molecule has 1 aromatic rings. The number of anilines is 1. The largest absolute Gasteiger partial charge is 0.479 e. The molecular formula is C13H18N2O6S. The Bertz CT molecular complexity index is 646. The molecule has 8 nitrogen and oxygen atoms in total. The standard InChI is InChI=1S/C13H18N2O6S/c1-9-13(17)15-11-8-10(2-3-12(11)21-9)22(18,19)14-4-6-20-7-5-16/h2-3,8-9,14,16H,4-7H2,1H3,(H,15,17). The Morgan fingerprint density at radius 1 is 1.41 bits per heavy atom. The van der Waals surface area contributed by atoms with E-state index in [2.05, 4.69) is 10.0 Å². The Kier molecular flexibility index (Phi) is 5.35. The van der Waals surface area contributed by atoms with Crippen LogP contribution >= 0.6 is 0 Å². The molecule has 1 aliphatic rings. The van der Waals surface area contributed by atoms with Crippen LogP contribution in [0.5, 0.6) is 5.75 Å². The van der Waals surface area contributed by atoms with Crippen LogP contribution in [0.25, 0.3) is 0 Å². The minimum absolute atomic E-state index is 0.0202. The Morgan fingerprint density at radius 2 is 2.18 bits per heavy atom. The van der Waals surface area contributed by atoms with Crippen molar-refractivity contribution in [2.24, 2.45) is 0 Å². The van der Waals surface area contributed by atoms with Crippen LogP contribution in [0.1, 0.15) is 6.92 Å². The van der Waals surface area contributed by atoms with E-state index in [9.17, 15) is 13.2 Å². The number of carbonyl (C=O) groups excluding carboxylic acids is 1. The van der Waals surface area contributed by atoms with Gasteiger partial charge in [-0.1, -0.05) is 0 Å². The SMILES string of the molecule is CC1Oc2ccc(S(=O)(=O)NCCOCCO)cc2NC1=O. The van der Waals surface area contributed by atoms with Gasteiger partial charge in [0.15, 0.2) is 6.10 Å². The second kappa shape index (κ2) is 7.05.